The minimum absolute atomic E-state index is 0.346. The Balaban J connectivity index is 2.98. The van der Waals surface area contributed by atoms with Crippen molar-refractivity contribution in [1.29, 1.82) is 0 Å². The number of carbonyl (C=O) groups is 1. The maximum Gasteiger partial charge on any atom is 0.330 e. The smallest absolute Gasteiger partial charge is 0.330 e. The summed E-state index contributed by atoms with van der Waals surface area (Å²) in [6.07, 6.45) is 4.42. The van der Waals surface area contributed by atoms with E-state index in [9.17, 15) is 4.79 Å². The van der Waals surface area contributed by atoms with Gasteiger partial charge in [-0.3, -0.25) is 0 Å². The van der Waals surface area contributed by atoms with Gasteiger partial charge < -0.3 is 20.0 Å². The number of ether oxygens (including phenoxy) is 1. The van der Waals surface area contributed by atoms with Gasteiger partial charge >= 0.3 is 5.97 Å². The van der Waals surface area contributed by atoms with Gasteiger partial charge in [0.25, 0.3) is 0 Å². The summed E-state index contributed by atoms with van der Waals surface area (Å²) in [6, 6.07) is 6.87. The first-order chi connectivity index (χ1) is 11.3. The number of allylic oxidation sites excluding steroid dienone is 1. The highest BCUT2D eigenvalue weighted by atomic mass is 28.4. The molecule has 0 saturated carbocycles. The molecule has 0 spiro atoms. The van der Waals surface area contributed by atoms with Crippen LogP contribution in [0.1, 0.15) is 31.7 Å². The van der Waals surface area contributed by atoms with Crippen LogP contribution in [0.25, 0.3) is 0 Å². The SMILES string of the molecule is CCCC[Si](C)(C)Oc1c(CC/C(N)=C/C(=O)O)cccc1OC. The Labute approximate surface area is 145 Å². The fourth-order valence-corrected chi connectivity index (χ4v) is 4.57. The van der Waals surface area contributed by atoms with Gasteiger partial charge in [0.1, 0.15) is 5.75 Å². The molecule has 0 bridgehead atoms. The van der Waals surface area contributed by atoms with Gasteiger partial charge in [0.15, 0.2) is 5.75 Å². The fraction of sp³-hybridized carbons (Fsp3) is 0.500. The topological polar surface area (TPSA) is 81.8 Å². The fourth-order valence-electron chi connectivity index (χ4n) is 2.47. The van der Waals surface area contributed by atoms with Crippen molar-refractivity contribution in [3.63, 3.8) is 0 Å². The van der Waals surface area contributed by atoms with Crippen molar-refractivity contribution in [2.24, 2.45) is 5.73 Å². The molecule has 0 aliphatic carbocycles. The first-order valence-corrected chi connectivity index (χ1v) is 11.4. The number of aliphatic carboxylic acids is 1. The standard InChI is InChI=1S/C18H29NO4Si/c1-5-6-12-24(3,4)23-18-14(8-7-9-16(18)22-2)10-11-15(19)13-17(20)21/h7-9,13H,5-6,10-12,19H2,1-4H3,(H,20,21)/b15-13-. The minimum atomic E-state index is -1.85. The van der Waals surface area contributed by atoms with Crippen LogP contribution >= 0.6 is 0 Å². The van der Waals surface area contributed by atoms with Crippen molar-refractivity contribution in [2.45, 2.75) is 51.7 Å². The van der Waals surface area contributed by atoms with Crippen LogP contribution in [0, 0.1) is 0 Å². The Kier molecular flexibility index (Phi) is 7.84. The van der Waals surface area contributed by atoms with Crippen molar-refractivity contribution in [1.82, 2.24) is 0 Å². The molecule has 3 N–H and O–H groups in total. The molecule has 0 aromatic heterocycles. The average Bonchev–Trinajstić information content (AvgIpc) is 2.51. The van der Waals surface area contributed by atoms with Crippen molar-refractivity contribution >= 4 is 14.3 Å². The van der Waals surface area contributed by atoms with Crippen molar-refractivity contribution in [3.05, 3.63) is 35.5 Å². The molecule has 0 fully saturated rings. The number of carboxylic acids is 1. The first-order valence-electron chi connectivity index (χ1n) is 8.33. The predicted molar refractivity (Wildman–Crippen MR) is 99.0 cm³/mol. The van der Waals surface area contributed by atoms with Crippen LogP contribution in [0.5, 0.6) is 11.5 Å². The average molecular weight is 352 g/mol. The van der Waals surface area contributed by atoms with Gasteiger partial charge in [-0.2, -0.15) is 0 Å². The van der Waals surface area contributed by atoms with Gasteiger partial charge in [0, 0.05) is 11.8 Å². The van der Waals surface area contributed by atoms with Crippen LogP contribution in [0.3, 0.4) is 0 Å². The molecule has 1 rings (SSSR count). The number of hydrogen-bond acceptors (Lipinski definition) is 4. The number of aryl methyl sites for hydroxylation is 1. The highest BCUT2D eigenvalue weighted by Crippen LogP contribution is 2.35. The van der Waals surface area contributed by atoms with Gasteiger partial charge in [-0.1, -0.05) is 31.9 Å². The Hall–Kier alpha value is -1.95. The van der Waals surface area contributed by atoms with E-state index in [4.69, 9.17) is 20.0 Å². The monoisotopic (exact) mass is 351 g/mol. The molecule has 0 atom stereocenters. The number of methoxy groups -OCH3 is 1. The number of para-hydroxylation sites is 1. The largest absolute Gasteiger partial charge is 0.541 e. The van der Waals surface area contributed by atoms with Gasteiger partial charge in [-0.15, -0.1) is 0 Å². The van der Waals surface area contributed by atoms with Gasteiger partial charge in [-0.25, -0.2) is 4.79 Å². The molecule has 1 aromatic carbocycles. The Morgan fingerprint density at radius 1 is 1.38 bits per heavy atom. The normalized spacial score (nSPS) is 12.1. The zero-order chi connectivity index (χ0) is 18.2. The minimum Gasteiger partial charge on any atom is -0.541 e. The maximum absolute atomic E-state index is 10.7. The molecular weight excluding hydrogens is 322 g/mol. The number of unbranched alkanes of at least 4 members (excludes halogenated alkanes) is 1. The number of rotatable bonds is 10. The van der Waals surface area contributed by atoms with Crippen molar-refractivity contribution in [2.75, 3.05) is 7.11 Å². The summed E-state index contributed by atoms with van der Waals surface area (Å²) in [7, 11) is -0.216. The van der Waals surface area contributed by atoms with Crippen LogP contribution in [0.2, 0.25) is 19.1 Å². The number of carboxylic acid groups (broad SMARTS) is 1. The van der Waals surface area contributed by atoms with Crippen molar-refractivity contribution in [3.8, 4) is 11.5 Å². The number of hydrogen-bond donors (Lipinski definition) is 2. The summed E-state index contributed by atoms with van der Waals surface area (Å²) in [5, 5.41) is 8.76. The molecule has 0 aliphatic heterocycles. The Bertz CT molecular complexity index is 584. The van der Waals surface area contributed by atoms with E-state index in [1.165, 1.54) is 0 Å². The summed E-state index contributed by atoms with van der Waals surface area (Å²) in [4.78, 5) is 10.7. The summed E-state index contributed by atoms with van der Waals surface area (Å²) in [5.74, 6) is 0.462. The van der Waals surface area contributed by atoms with E-state index in [-0.39, 0.29) is 0 Å². The number of nitrogens with two attached hydrogens (primary N) is 1. The van der Waals surface area contributed by atoms with Crippen LogP contribution in [-0.4, -0.2) is 26.5 Å². The van der Waals surface area contributed by atoms with Crippen LogP contribution in [-0.2, 0) is 11.2 Å². The molecular formula is C18H29NO4Si. The maximum atomic E-state index is 10.7. The number of benzene rings is 1. The lowest BCUT2D eigenvalue weighted by Gasteiger charge is -2.27. The van der Waals surface area contributed by atoms with E-state index in [0.29, 0.717) is 24.3 Å². The molecule has 134 valence electrons. The van der Waals surface area contributed by atoms with Gasteiger partial charge in [0.05, 0.1) is 7.11 Å². The highest BCUT2D eigenvalue weighted by Gasteiger charge is 2.26. The summed E-state index contributed by atoms with van der Waals surface area (Å²) in [5.41, 5.74) is 7.09. The van der Waals surface area contributed by atoms with E-state index in [2.05, 4.69) is 20.0 Å². The van der Waals surface area contributed by atoms with E-state index in [1.807, 2.05) is 18.2 Å². The second-order valence-electron chi connectivity index (χ2n) is 6.47. The van der Waals surface area contributed by atoms with Gasteiger partial charge in [-0.05, 0) is 43.6 Å². The predicted octanol–water partition coefficient (Wildman–Crippen LogP) is 3.94. The lowest BCUT2D eigenvalue weighted by Crippen LogP contribution is -2.34. The molecule has 0 unspecified atom stereocenters. The molecule has 5 nitrogen and oxygen atoms in total. The van der Waals surface area contributed by atoms with E-state index >= 15 is 0 Å². The third-order valence-corrected chi connectivity index (χ3v) is 6.10. The first kappa shape index (κ1) is 20.1. The molecule has 0 saturated heterocycles. The second kappa shape index (κ2) is 9.37. The lowest BCUT2D eigenvalue weighted by molar-refractivity contribution is -0.131. The third kappa shape index (κ3) is 6.66. The van der Waals surface area contributed by atoms with Crippen LogP contribution < -0.4 is 14.9 Å². The zero-order valence-corrected chi connectivity index (χ0v) is 16.1. The highest BCUT2D eigenvalue weighted by molar-refractivity contribution is 6.71. The van der Waals surface area contributed by atoms with E-state index in [1.54, 1.807) is 7.11 Å². The Morgan fingerprint density at radius 2 is 2.08 bits per heavy atom. The van der Waals surface area contributed by atoms with Crippen LogP contribution in [0.15, 0.2) is 30.0 Å². The second-order valence-corrected chi connectivity index (χ2v) is 10.7. The molecule has 24 heavy (non-hydrogen) atoms. The Morgan fingerprint density at radius 3 is 2.67 bits per heavy atom. The lowest BCUT2D eigenvalue weighted by atomic mass is 10.1. The molecule has 0 amide bonds. The molecule has 0 radical (unpaired) electrons. The van der Waals surface area contributed by atoms with Crippen LogP contribution in [0.4, 0.5) is 0 Å². The zero-order valence-electron chi connectivity index (χ0n) is 15.1. The summed E-state index contributed by atoms with van der Waals surface area (Å²) in [6.45, 7) is 6.59. The molecule has 1 aromatic rings. The summed E-state index contributed by atoms with van der Waals surface area (Å²) < 4.78 is 11.9. The molecule has 6 heteroatoms. The van der Waals surface area contributed by atoms with E-state index < -0.39 is 14.3 Å². The van der Waals surface area contributed by atoms with Gasteiger partial charge in [0.2, 0.25) is 8.32 Å². The van der Waals surface area contributed by atoms with E-state index in [0.717, 1.165) is 36.3 Å². The molecule has 0 heterocycles. The quantitative estimate of drug-likeness (QED) is 0.493. The molecule has 0 aliphatic rings. The summed E-state index contributed by atoms with van der Waals surface area (Å²) >= 11 is 0. The van der Waals surface area contributed by atoms with Crippen molar-refractivity contribution < 1.29 is 19.1 Å². The third-order valence-electron chi connectivity index (χ3n) is 3.78.